The van der Waals surface area contributed by atoms with Crippen molar-refractivity contribution in [2.75, 3.05) is 19.1 Å². The number of ether oxygens (including phenoxy) is 1. The normalized spacial score (nSPS) is 10.2. The van der Waals surface area contributed by atoms with Crippen LogP contribution in [0.5, 0.6) is 5.75 Å². The molecule has 0 aliphatic heterocycles. The SMILES string of the molecule is COc1ccccc1N(C)c1ccc(F)cc1C(C)=O. The van der Waals surface area contributed by atoms with Gasteiger partial charge in [0.2, 0.25) is 0 Å². The van der Waals surface area contributed by atoms with Gasteiger partial charge in [-0.05, 0) is 37.3 Å². The molecule has 0 aromatic heterocycles. The van der Waals surface area contributed by atoms with Crippen molar-refractivity contribution < 1.29 is 13.9 Å². The van der Waals surface area contributed by atoms with Crippen LogP contribution in [0.2, 0.25) is 0 Å². The van der Waals surface area contributed by atoms with Crippen molar-refractivity contribution in [1.29, 1.82) is 0 Å². The van der Waals surface area contributed by atoms with Gasteiger partial charge in [0.25, 0.3) is 0 Å². The molecule has 0 saturated carbocycles. The molecule has 4 heteroatoms. The van der Waals surface area contributed by atoms with E-state index >= 15 is 0 Å². The molecule has 0 heterocycles. The van der Waals surface area contributed by atoms with Crippen LogP contribution < -0.4 is 9.64 Å². The number of benzene rings is 2. The van der Waals surface area contributed by atoms with E-state index in [9.17, 15) is 9.18 Å². The van der Waals surface area contributed by atoms with Crippen LogP contribution in [0.25, 0.3) is 0 Å². The molecule has 0 aliphatic carbocycles. The second-order valence-corrected chi connectivity index (χ2v) is 4.45. The van der Waals surface area contributed by atoms with Gasteiger partial charge in [-0.1, -0.05) is 12.1 Å². The minimum absolute atomic E-state index is 0.179. The first-order valence-electron chi connectivity index (χ1n) is 6.22. The number of carbonyl (C=O) groups is 1. The van der Waals surface area contributed by atoms with Crippen molar-refractivity contribution in [2.24, 2.45) is 0 Å². The molecule has 0 fully saturated rings. The molecule has 0 bridgehead atoms. The fraction of sp³-hybridized carbons (Fsp3) is 0.188. The first-order valence-corrected chi connectivity index (χ1v) is 6.22. The van der Waals surface area contributed by atoms with Crippen LogP contribution in [0.1, 0.15) is 17.3 Å². The quantitative estimate of drug-likeness (QED) is 0.793. The lowest BCUT2D eigenvalue weighted by Crippen LogP contribution is -2.14. The summed E-state index contributed by atoms with van der Waals surface area (Å²) >= 11 is 0. The number of rotatable bonds is 4. The number of nitrogens with zero attached hydrogens (tertiary/aromatic N) is 1. The largest absolute Gasteiger partial charge is 0.495 e. The van der Waals surface area contributed by atoms with E-state index in [0.717, 1.165) is 5.69 Å². The molecule has 3 nitrogen and oxygen atoms in total. The molecule has 0 saturated heterocycles. The molecule has 0 unspecified atom stereocenters. The summed E-state index contributed by atoms with van der Waals surface area (Å²) in [4.78, 5) is 13.5. The molecule has 0 N–H and O–H groups in total. The van der Waals surface area contributed by atoms with E-state index < -0.39 is 5.82 Å². The van der Waals surface area contributed by atoms with E-state index in [0.29, 0.717) is 17.0 Å². The van der Waals surface area contributed by atoms with E-state index in [4.69, 9.17) is 4.74 Å². The Kier molecular flexibility index (Phi) is 4.03. The summed E-state index contributed by atoms with van der Waals surface area (Å²) < 4.78 is 18.6. The molecule has 20 heavy (non-hydrogen) atoms. The highest BCUT2D eigenvalue weighted by molar-refractivity contribution is 6.00. The van der Waals surface area contributed by atoms with Crippen molar-refractivity contribution >= 4 is 17.2 Å². The Labute approximate surface area is 117 Å². The number of carbonyl (C=O) groups excluding carboxylic acids is 1. The van der Waals surface area contributed by atoms with Gasteiger partial charge in [0, 0.05) is 12.6 Å². The molecule has 0 atom stereocenters. The highest BCUT2D eigenvalue weighted by Gasteiger charge is 2.16. The van der Waals surface area contributed by atoms with Gasteiger partial charge in [0.15, 0.2) is 5.78 Å². The highest BCUT2D eigenvalue weighted by atomic mass is 19.1. The minimum atomic E-state index is -0.424. The minimum Gasteiger partial charge on any atom is -0.495 e. The van der Waals surface area contributed by atoms with Crippen molar-refractivity contribution in [3.63, 3.8) is 0 Å². The van der Waals surface area contributed by atoms with E-state index in [-0.39, 0.29) is 5.78 Å². The van der Waals surface area contributed by atoms with E-state index in [1.807, 2.05) is 36.2 Å². The first kappa shape index (κ1) is 14.1. The molecular formula is C16H16FNO2. The standard InChI is InChI=1S/C16H16FNO2/c1-11(19)13-10-12(17)8-9-14(13)18(2)15-6-4-5-7-16(15)20-3/h4-10H,1-3H3. The summed E-state index contributed by atoms with van der Waals surface area (Å²) in [5.74, 6) is 0.0856. The summed E-state index contributed by atoms with van der Waals surface area (Å²) in [5, 5.41) is 0. The smallest absolute Gasteiger partial charge is 0.162 e. The third-order valence-electron chi connectivity index (χ3n) is 3.15. The highest BCUT2D eigenvalue weighted by Crippen LogP contribution is 2.34. The van der Waals surface area contributed by atoms with Crippen LogP contribution in [0.15, 0.2) is 42.5 Å². The topological polar surface area (TPSA) is 29.5 Å². The average molecular weight is 273 g/mol. The van der Waals surface area contributed by atoms with Gasteiger partial charge in [-0.15, -0.1) is 0 Å². The number of halogens is 1. The second-order valence-electron chi connectivity index (χ2n) is 4.45. The van der Waals surface area contributed by atoms with E-state index in [1.165, 1.54) is 19.1 Å². The Hall–Kier alpha value is -2.36. The fourth-order valence-corrected chi connectivity index (χ4v) is 2.12. The number of ketones is 1. The number of hydrogen-bond donors (Lipinski definition) is 0. The van der Waals surface area contributed by atoms with Crippen LogP contribution in [0.4, 0.5) is 15.8 Å². The van der Waals surface area contributed by atoms with Gasteiger partial charge in [-0.2, -0.15) is 0 Å². The molecule has 0 amide bonds. The molecular weight excluding hydrogens is 257 g/mol. The summed E-state index contributed by atoms with van der Waals surface area (Å²) in [5.41, 5.74) is 1.80. The Balaban J connectivity index is 2.53. The Morgan fingerprint density at radius 2 is 1.85 bits per heavy atom. The van der Waals surface area contributed by atoms with E-state index in [1.54, 1.807) is 13.2 Å². The van der Waals surface area contributed by atoms with Crippen LogP contribution in [-0.4, -0.2) is 19.9 Å². The fourth-order valence-electron chi connectivity index (χ4n) is 2.12. The van der Waals surface area contributed by atoms with Gasteiger partial charge in [0.05, 0.1) is 18.5 Å². The van der Waals surface area contributed by atoms with Gasteiger partial charge in [-0.25, -0.2) is 4.39 Å². The van der Waals surface area contributed by atoms with Crippen LogP contribution in [-0.2, 0) is 0 Å². The lowest BCUT2D eigenvalue weighted by molar-refractivity contribution is 0.101. The predicted molar refractivity (Wildman–Crippen MR) is 77.5 cm³/mol. The zero-order valence-electron chi connectivity index (χ0n) is 11.7. The van der Waals surface area contributed by atoms with Gasteiger partial charge in [0.1, 0.15) is 11.6 Å². The van der Waals surface area contributed by atoms with Crippen molar-refractivity contribution in [3.8, 4) is 5.75 Å². The zero-order valence-corrected chi connectivity index (χ0v) is 11.7. The van der Waals surface area contributed by atoms with Gasteiger partial charge in [-0.3, -0.25) is 4.79 Å². The number of anilines is 2. The summed E-state index contributed by atoms with van der Waals surface area (Å²) in [6.45, 7) is 1.42. The number of para-hydroxylation sites is 2. The van der Waals surface area contributed by atoms with Crippen molar-refractivity contribution in [1.82, 2.24) is 0 Å². The van der Waals surface area contributed by atoms with E-state index in [2.05, 4.69) is 0 Å². The Morgan fingerprint density at radius 3 is 2.50 bits per heavy atom. The van der Waals surface area contributed by atoms with Crippen molar-refractivity contribution in [2.45, 2.75) is 6.92 Å². The first-order chi connectivity index (χ1) is 9.54. The predicted octanol–water partition coefficient (Wildman–Crippen LogP) is 3.80. The summed E-state index contributed by atoms with van der Waals surface area (Å²) in [7, 11) is 3.40. The van der Waals surface area contributed by atoms with Gasteiger partial charge < -0.3 is 9.64 Å². The average Bonchev–Trinajstić information content (AvgIpc) is 2.46. The van der Waals surface area contributed by atoms with Crippen LogP contribution >= 0.6 is 0 Å². The third-order valence-corrected chi connectivity index (χ3v) is 3.15. The Morgan fingerprint density at radius 1 is 1.15 bits per heavy atom. The molecule has 0 aliphatic rings. The Bertz CT molecular complexity index is 640. The van der Waals surface area contributed by atoms with Crippen LogP contribution in [0, 0.1) is 5.82 Å². The number of methoxy groups -OCH3 is 1. The molecule has 2 aromatic carbocycles. The molecule has 2 rings (SSSR count). The third kappa shape index (κ3) is 2.64. The summed E-state index contributed by atoms with van der Waals surface area (Å²) in [6.07, 6.45) is 0. The second kappa shape index (κ2) is 5.74. The number of hydrogen-bond acceptors (Lipinski definition) is 3. The molecule has 0 spiro atoms. The maximum atomic E-state index is 13.3. The molecule has 104 valence electrons. The molecule has 0 radical (unpaired) electrons. The maximum absolute atomic E-state index is 13.3. The van der Waals surface area contributed by atoms with Gasteiger partial charge >= 0.3 is 0 Å². The lowest BCUT2D eigenvalue weighted by atomic mass is 10.1. The monoisotopic (exact) mass is 273 g/mol. The number of Topliss-reactive ketones (excluding diaryl/α,β-unsaturated/α-hetero) is 1. The zero-order chi connectivity index (χ0) is 14.7. The van der Waals surface area contributed by atoms with Crippen LogP contribution in [0.3, 0.4) is 0 Å². The molecule has 2 aromatic rings. The lowest BCUT2D eigenvalue weighted by Gasteiger charge is -2.23. The summed E-state index contributed by atoms with van der Waals surface area (Å²) in [6, 6.07) is 11.7. The van der Waals surface area contributed by atoms with Crippen molar-refractivity contribution in [3.05, 3.63) is 53.8 Å². The maximum Gasteiger partial charge on any atom is 0.162 e.